The van der Waals surface area contributed by atoms with Gasteiger partial charge in [0, 0.05) is 12.2 Å². The van der Waals surface area contributed by atoms with Crippen LogP contribution >= 0.6 is 12.6 Å². The van der Waals surface area contributed by atoms with Crippen molar-refractivity contribution in [2.45, 2.75) is 57.0 Å². The summed E-state index contributed by atoms with van der Waals surface area (Å²) < 4.78 is 0. The third-order valence-corrected chi connectivity index (χ3v) is 3.98. The first-order chi connectivity index (χ1) is 12.9. The van der Waals surface area contributed by atoms with E-state index in [4.69, 9.17) is 15.9 Å². The smallest absolute Gasteiger partial charge is 0.327 e. The van der Waals surface area contributed by atoms with Crippen molar-refractivity contribution in [3.8, 4) is 0 Å². The molecule has 0 aliphatic heterocycles. The molecule has 0 bridgehead atoms. The Morgan fingerprint density at radius 1 is 0.964 bits per heavy atom. The lowest BCUT2D eigenvalue weighted by atomic mass is 10.1. The van der Waals surface area contributed by atoms with Gasteiger partial charge >= 0.3 is 11.9 Å². The molecule has 0 saturated carbocycles. The van der Waals surface area contributed by atoms with E-state index in [1.165, 1.54) is 13.8 Å². The lowest BCUT2D eigenvalue weighted by Crippen LogP contribution is -2.59. The van der Waals surface area contributed by atoms with Gasteiger partial charge in [-0.3, -0.25) is 19.2 Å². The molecular formula is C15H26N4O8S. The number of carbonyl (C=O) groups excluding carboxylic acids is 3. The summed E-state index contributed by atoms with van der Waals surface area (Å²) in [5.74, 6) is -5.21. The SMILES string of the molecule is CC(NC(=O)C(N)CCC(=O)O)C(=O)NC(C(=O)NC(CS)C(=O)O)C(C)O. The monoisotopic (exact) mass is 422 g/mol. The number of aliphatic hydroxyl groups is 1. The third-order valence-electron chi connectivity index (χ3n) is 3.62. The number of hydrogen-bond donors (Lipinski definition) is 8. The summed E-state index contributed by atoms with van der Waals surface area (Å²) in [5.41, 5.74) is 5.54. The van der Waals surface area contributed by atoms with Gasteiger partial charge in [-0.1, -0.05) is 0 Å². The Morgan fingerprint density at radius 3 is 1.96 bits per heavy atom. The molecule has 5 unspecified atom stereocenters. The minimum Gasteiger partial charge on any atom is -0.481 e. The molecule has 160 valence electrons. The highest BCUT2D eigenvalue weighted by Gasteiger charge is 2.31. The zero-order valence-electron chi connectivity index (χ0n) is 15.4. The number of nitrogens with two attached hydrogens (primary N) is 1. The van der Waals surface area contributed by atoms with Gasteiger partial charge in [-0.2, -0.15) is 12.6 Å². The highest BCUT2D eigenvalue weighted by atomic mass is 32.1. The van der Waals surface area contributed by atoms with Gasteiger partial charge in [-0.05, 0) is 20.3 Å². The van der Waals surface area contributed by atoms with Crippen molar-refractivity contribution in [3.05, 3.63) is 0 Å². The molecule has 0 aromatic heterocycles. The molecule has 8 N–H and O–H groups in total. The molecule has 0 saturated heterocycles. The molecule has 0 aliphatic rings. The molecule has 0 aromatic rings. The second kappa shape index (κ2) is 12.2. The fourth-order valence-corrected chi connectivity index (χ4v) is 2.17. The van der Waals surface area contributed by atoms with Gasteiger partial charge in [0.05, 0.1) is 12.1 Å². The van der Waals surface area contributed by atoms with Crippen molar-refractivity contribution in [1.82, 2.24) is 16.0 Å². The number of amides is 3. The van der Waals surface area contributed by atoms with Crippen LogP contribution in [0.1, 0.15) is 26.7 Å². The minimum absolute atomic E-state index is 0.130. The third kappa shape index (κ3) is 9.01. The number of hydrogen-bond acceptors (Lipinski definition) is 8. The Kier molecular flexibility index (Phi) is 11.1. The van der Waals surface area contributed by atoms with Gasteiger partial charge < -0.3 is 37.0 Å². The first-order valence-corrected chi connectivity index (χ1v) is 8.94. The number of carbonyl (C=O) groups is 5. The first kappa shape index (κ1) is 25.6. The van der Waals surface area contributed by atoms with E-state index in [-0.39, 0.29) is 18.6 Å². The van der Waals surface area contributed by atoms with Crippen LogP contribution in [0.4, 0.5) is 0 Å². The largest absolute Gasteiger partial charge is 0.481 e. The zero-order valence-corrected chi connectivity index (χ0v) is 16.3. The molecule has 0 rings (SSSR count). The van der Waals surface area contributed by atoms with Crippen LogP contribution in [0.25, 0.3) is 0 Å². The Hall–Kier alpha value is -2.38. The Bertz CT molecular complexity index is 601. The van der Waals surface area contributed by atoms with Gasteiger partial charge in [0.2, 0.25) is 17.7 Å². The molecule has 13 heteroatoms. The predicted molar refractivity (Wildman–Crippen MR) is 99.5 cm³/mol. The van der Waals surface area contributed by atoms with Gasteiger partial charge in [-0.15, -0.1) is 0 Å². The molecule has 5 atom stereocenters. The van der Waals surface area contributed by atoms with Crippen molar-refractivity contribution in [1.29, 1.82) is 0 Å². The van der Waals surface area contributed by atoms with E-state index in [0.717, 1.165) is 0 Å². The van der Waals surface area contributed by atoms with E-state index >= 15 is 0 Å². The highest BCUT2D eigenvalue weighted by Crippen LogP contribution is 1.99. The van der Waals surface area contributed by atoms with E-state index in [9.17, 15) is 29.1 Å². The molecule has 12 nitrogen and oxygen atoms in total. The second-order valence-electron chi connectivity index (χ2n) is 6.08. The van der Waals surface area contributed by atoms with E-state index in [0.29, 0.717) is 0 Å². The molecule has 0 radical (unpaired) electrons. The van der Waals surface area contributed by atoms with Crippen LogP contribution < -0.4 is 21.7 Å². The lowest BCUT2D eigenvalue weighted by Gasteiger charge is -2.25. The number of thiol groups is 1. The van der Waals surface area contributed by atoms with E-state index in [1.807, 2.05) is 0 Å². The Labute approximate surface area is 166 Å². The maximum Gasteiger partial charge on any atom is 0.327 e. The minimum atomic E-state index is -1.48. The van der Waals surface area contributed by atoms with Crippen molar-refractivity contribution >= 4 is 42.3 Å². The van der Waals surface area contributed by atoms with Crippen LogP contribution in [0.3, 0.4) is 0 Å². The molecule has 0 aromatic carbocycles. The average molecular weight is 422 g/mol. The number of carboxylic acids is 2. The molecule has 3 amide bonds. The van der Waals surface area contributed by atoms with Crippen LogP contribution in [0.15, 0.2) is 0 Å². The Balaban J connectivity index is 4.86. The normalized spacial score (nSPS) is 16.0. The summed E-state index contributed by atoms with van der Waals surface area (Å²) in [6.07, 6.45) is -1.82. The average Bonchev–Trinajstić information content (AvgIpc) is 2.60. The van der Waals surface area contributed by atoms with E-state index < -0.39 is 59.9 Å². The van der Waals surface area contributed by atoms with E-state index in [1.54, 1.807) is 0 Å². The van der Waals surface area contributed by atoms with Gasteiger partial charge in [0.25, 0.3) is 0 Å². The zero-order chi connectivity index (χ0) is 22.0. The van der Waals surface area contributed by atoms with Gasteiger partial charge in [0.1, 0.15) is 18.1 Å². The summed E-state index contributed by atoms with van der Waals surface area (Å²) in [7, 11) is 0. The summed E-state index contributed by atoms with van der Waals surface area (Å²) >= 11 is 3.80. The molecule has 0 heterocycles. The van der Waals surface area contributed by atoms with Crippen LogP contribution in [-0.4, -0.2) is 81.0 Å². The summed E-state index contributed by atoms with van der Waals surface area (Å²) in [6, 6.07) is -5.10. The summed E-state index contributed by atoms with van der Waals surface area (Å²) in [6.45, 7) is 2.51. The van der Waals surface area contributed by atoms with Crippen molar-refractivity contribution in [2.24, 2.45) is 5.73 Å². The van der Waals surface area contributed by atoms with E-state index in [2.05, 4.69) is 28.6 Å². The number of rotatable bonds is 12. The number of aliphatic carboxylic acids is 2. The van der Waals surface area contributed by atoms with Crippen LogP contribution in [0.2, 0.25) is 0 Å². The van der Waals surface area contributed by atoms with Crippen molar-refractivity contribution < 1.29 is 39.3 Å². The van der Waals surface area contributed by atoms with Crippen LogP contribution in [0.5, 0.6) is 0 Å². The fourth-order valence-electron chi connectivity index (χ4n) is 1.93. The standard InChI is InChI=1S/C15H26N4O8S/c1-6(17-13(24)8(16)3-4-10(21)22)12(23)19-11(7(2)20)14(25)18-9(5-28)15(26)27/h6-9,11,20,28H,3-5,16H2,1-2H3,(H,17,24)(H,18,25)(H,19,23)(H,21,22)(H,26,27). The van der Waals surface area contributed by atoms with Crippen LogP contribution in [0, 0.1) is 0 Å². The quantitative estimate of drug-likeness (QED) is 0.151. The molecule has 28 heavy (non-hydrogen) atoms. The first-order valence-electron chi connectivity index (χ1n) is 8.30. The number of carboxylic acid groups (broad SMARTS) is 2. The van der Waals surface area contributed by atoms with Gasteiger partial charge in [0.15, 0.2) is 0 Å². The summed E-state index contributed by atoms with van der Waals surface area (Å²) in [4.78, 5) is 57.7. The summed E-state index contributed by atoms with van der Waals surface area (Å²) in [5, 5.41) is 33.8. The van der Waals surface area contributed by atoms with Crippen LogP contribution in [-0.2, 0) is 24.0 Å². The molecule has 0 aliphatic carbocycles. The van der Waals surface area contributed by atoms with Gasteiger partial charge in [-0.25, -0.2) is 4.79 Å². The van der Waals surface area contributed by atoms with Crippen molar-refractivity contribution in [3.63, 3.8) is 0 Å². The fraction of sp³-hybridized carbons (Fsp3) is 0.667. The van der Waals surface area contributed by atoms with Crippen molar-refractivity contribution in [2.75, 3.05) is 5.75 Å². The highest BCUT2D eigenvalue weighted by molar-refractivity contribution is 7.80. The lowest BCUT2D eigenvalue weighted by molar-refractivity contribution is -0.142. The second-order valence-corrected chi connectivity index (χ2v) is 6.44. The molecular weight excluding hydrogens is 396 g/mol. The molecule has 0 spiro atoms. The predicted octanol–water partition coefficient (Wildman–Crippen LogP) is -2.95. The maximum absolute atomic E-state index is 12.2. The number of aliphatic hydroxyl groups excluding tert-OH is 1. The number of nitrogens with one attached hydrogen (secondary N) is 3. The molecule has 0 fully saturated rings. The maximum atomic E-state index is 12.2. The topological polar surface area (TPSA) is 208 Å². The Morgan fingerprint density at radius 2 is 1.54 bits per heavy atom.